The summed E-state index contributed by atoms with van der Waals surface area (Å²) in [5, 5.41) is 48.0. The molecule has 0 aliphatic heterocycles. The van der Waals surface area contributed by atoms with E-state index in [1.165, 1.54) is 18.4 Å². The number of rotatable bonds is 14. The fraction of sp³-hybridized carbons (Fsp3) is 0.694. The van der Waals surface area contributed by atoms with Crippen LogP contribution in [0.2, 0.25) is 0 Å². The molecule has 0 aromatic carbocycles. The Balaban J connectivity index is 1.97. The van der Waals surface area contributed by atoms with Crippen LogP contribution in [0.4, 0.5) is 0 Å². The quantitative estimate of drug-likeness (QED) is 0.0773. The van der Waals surface area contributed by atoms with E-state index < -0.39 is 17.1 Å². The largest absolute Gasteiger partial charge is 0.396 e. The van der Waals surface area contributed by atoms with Crippen molar-refractivity contribution >= 4 is 6.29 Å². The van der Waals surface area contributed by atoms with E-state index in [0.717, 1.165) is 42.3 Å². The van der Waals surface area contributed by atoms with Crippen LogP contribution in [-0.4, -0.2) is 65.2 Å². The Morgan fingerprint density at radius 1 is 1.12 bits per heavy atom. The highest BCUT2D eigenvalue weighted by atomic mass is 16.3. The van der Waals surface area contributed by atoms with Crippen LogP contribution in [0.3, 0.4) is 0 Å². The van der Waals surface area contributed by atoms with Crippen LogP contribution in [0.25, 0.3) is 0 Å². The second-order valence-electron chi connectivity index (χ2n) is 13.5. The molecule has 0 aromatic rings. The lowest BCUT2D eigenvalue weighted by atomic mass is 9.51. The molecule has 3 saturated carbocycles. The van der Waals surface area contributed by atoms with Gasteiger partial charge in [-0.25, -0.2) is 0 Å². The van der Waals surface area contributed by atoms with Crippen LogP contribution in [0.1, 0.15) is 97.8 Å². The molecule has 3 aliphatic carbocycles. The highest BCUT2D eigenvalue weighted by Gasteiger charge is 2.65. The first kappa shape index (κ1) is 34.7. The van der Waals surface area contributed by atoms with Crippen molar-refractivity contribution in [3.8, 4) is 0 Å². The first-order valence-corrected chi connectivity index (χ1v) is 16.2. The first-order chi connectivity index (χ1) is 20.1. The van der Waals surface area contributed by atoms with Gasteiger partial charge in [0.15, 0.2) is 0 Å². The van der Waals surface area contributed by atoms with Gasteiger partial charge in [-0.3, -0.25) is 4.79 Å². The molecule has 0 bridgehead atoms. The summed E-state index contributed by atoms with van der Waals surface area (Å²) in [6, 6.07) is 0. The lowest BCUT2D eigenvalue weighted by molar-refractivity contribution is -0.180. The van der Waals surface area contributed by atoms with Gasteiger partial charge in [-0.1, -0.05) is 54.9 Å². The third-order valence-electron chi connectivity index (χ3n) is 11.0. The van der Waals surface area contributed by atoms with Crippen molar-refractivity contribution in [2.45, 2.75) is 110 Å². The molecule has 6 heteroatoms. The van der Waals surface area contributed by atoms with E-state index in [9.17, 15) is 25.2 Å². The first-order valence-electron chi connectivity index (χ1n) is 16.2. The van der Waals surface area contributed by atoms with Gasteiger partial charge in [0.25, 0.3) is 0 Å². The molecule has 3 aliphatic rings. The maximum atomic E-state index is 12.3. The summed E-state index contributed by atoms with van der Waals surface area (Å²) in [6.45, 7) is 11.0. The molecule has 42 heavy (non-hydrogen) atoms. The SMILES string of the molecule is C=C(/C=C/C=C(/CO)[C@@H]1CC[C@]2([C@@H]1O)[C@@H](CCCO)/C(=C(/C)C=O)CC[C@]2(O)CCNC)C1(CC=C(C)C)CCCC1. The Hall–Kier alpha value is -1.83. The molecule has 0 amide bonds. The topological polar surface area (TPSA) is 110 Å². The van der Waals surface area contributed by atoms with Crippen LogP contribution in [0, 0.1) is 22.7 Å². The van der Waals surface area contributed by atoms with Gasteiger partial charge >= 0.3 is 0 Å². The minimum absolute atomic E-state index is 0.0139. The van der Waals surface area contributed by atoms with E-state index in [4.69, 9.17) is 0 Å². The second-order valence-corrected chi connectivity index (χ2v) is 13.5. The summed E-state index contributed by atoms with van der Waals surface area (Å²) in [5.74, 6) is -0.536. The summed E-state index contributed by atoms with van der Waals surface area (Å²) in [7, 11) is 1.86. The number of nitrogens with one attached hydrogen (secondary N) is 1. The molecule has 0 unspecified atom stereocenters. The highest BCUT2D eigenvalue weighted by Crippen LogP contribution is 2.64. The Kier molecular flexibility index (Phi) is 12.6. The minimum atomic E-state index is -1.14. The van der Waals surface area contributed by atoms with E-state index >= 15 is 0 Å². The van der Waals surface area contributed by atoms with E-state index in [1.54, 1.807) is 0 Å². The van der Waals surface area contributed by atoms with Crippen molar-refractivity contribution in [3.05, 3.63) is 58.7 Å². The maximum Gasteiger partial charge on any atom is 0.145 e. The summed E-state index contributed by atoms with van der Waals surface area (Å²) < 4.78 is 0. The molecule has 3 rings (SSSR count). The number of hydrogen-bond donors (Lipinski definition) is 5. The number of carbonyl (C=O) groups excluding carboxylic acids is 1. The van der Waals surface area contributed by atoms with Crippen molar-refractivity contribution in [1.29, 1.82) is 0 Å². The van der Waals surface area contributed by atoms with Gasteiger partial charge in [-0.05, 0) is 127 Å². The molecule has 5 atom stereocenters. The third-order valence-corrected chi connectivity index (χ3v) is 11.0. The van der Waals surface area contributed by atoms with Gasteiger partial charge in [-0.2, -0.15) is 0 Å². The smallest absolute Gasteiger partial charge is 0.145 e. The van der Waals surface area contributed by atoms with E-state index in [1.807, 2.05) is 26.1 Å². The predicted molar refractivity (Wildman–Crippen MR) is 171 cm³/mol. The summed E-state index contributed by atoms with van der Waals surface area (Å²) in [6.07, 6.45) is 17.9. The number of allylic oxidation sites excluding steroid dienone is 8. The van der Waals surface area contributed by atoms with Crippen LogP contribution in [0.15, 0.2) is 58.7 Å². The average Bonchev–Trinajstić information content (AvgIpc) is 3.60. The summed E-state index contributed by atoms with van der Waals surface area (Å²) in [4.78, 5) is 11.9. The lowest BCUT2D eigenvalue weighted by Crippen LogP contribution is -2.61. The second kappa shape index (κ2) is 15.3. The predicted octanol–water partition coefficient (Wildman–Crippen LogP) is 5.73. The van der Waals surface area contributed by atoms with Gasteiger partial charge in [0.1, 0.15) is 6.29 Å². The fourth-order valence-corrected chi connectivity index (χ4v) is 8.55. The molecule has 0 radical (unpaired) electrons. The zero-order valence-electron chi connectivity index (χ0n) is 26.6. The summed E-state index contributed by atoms with van der Waals surface area (Å²) in [5.41, 5.74) is 2.93. The minimum Gasteiger partial charge on any atom is -0.396 e. The average molecular weight is 584 g/mol. The number of hydrogen-bond acceptors (Lipinski definition) is 6. The monoisotopic (exact) mass is 583 g/mol. The van der Waals surface area contributed by atoms with Crippen LogP contribution in [-0.2, 0) is 4.79 Å². The molecule has 0 aromatic heterocycles. The molecular formula is C36H57NO5. The fourth-order valence-electron chi connectivity index (χ4n) is 8.55. The normalized spacial score (nSPS) is 32.5. The standard InChI is InChI=1S/C36H57NO5/c1-26(2)13-18-34(16-6-7-17-34)28(4)10-8-11-29(25-40)31-15-20-36(33(31)41)32(12-9-23-38)30(27(3)24-39)14-19-35(36,42)21-22-37-5/h8,10-11,13,24,31-33,37-38,40-42H,4,6-7,9,12,14-23,25H2,1-3,5H3/b10-8+,29-11-,30-27-/t31-,32-,33+,35-,36+/m0/s1. The van der Waals surface area contributed by atoms with Crippen molar-refractivity contribution in [2.24, 2.45) is 22.7 Å². The molecule has 3 fully saturated rings. The van der Waals surface area contributed by atoms with E-state index in [-0.39, 0.29) is 30.5 Å². The molecule has 0 saturated heterocycles. The molecule has 0 heterocycles. The van der Waals surface area contributed by atoms with Gasteiger partial charge < -0.3 is 25.7 Å². The zero-order valence-corrected chi connectivity index (χ0v) is 26.6. The molecule has 236 valence electrons. The number of aliphatic hydroxyl groups excluding tert-OH is 3. The van der Waals surface area contributed by atoms with Gasteiger partial charge in [0.05, 0.1) is 18.3 Å². The van der Waals surface area contributed by atoms with Crippen LogP contribution < -0.4 is 5.32 Å². The van der Waals surface area contributed by atoms with E-state index in [2.05, 4.69) is 37.9 Å². The zero-order chi connectivity index (χ0) is 31.0. The van der Waals surface area contributed by atoms with Gasteiger partial charge in [0, 0.05) is 17.9 Å². The Labute approximate surface area is 254 Å². The van der Waals surface area contributed by atoms with Crippen LogP contribution >= 0.6 is 0 Å². The maximum absolute atomic E-state index is 12.3. The van der Waals surface area contributed by atoms with Crippen molar-refractivity contribution in [2.75, 3.05) is 26.8 Å². The Bertz CT molecular complexity index is 1060. The third kappa shape index (κ3) is 6.94. The van der Waals surface area contributed by atoms with Gasteiger partial charge in [-0.15, -0.1) is 0 Å². The molecule has 1 spiro atoms. The highest BCUT2D eigenvalue weighted by molar-refractivity contribution is 5.74. The van der Waals surface area contributed by atoms with Crippen LogP contribution in [0.5, 0.6) is 0 Å². The van der Waals surface area contributed by atoms with Gasteiger partial charge in [0.2, 0.25) is 0 Å². The van der Waals surface area contributed by atoms with Crippen molar-refractivity contribution < 1.29 is 25.2 Å². The Morgan fingerprint density at radius 3 is 2.43 bits per heavy atom. The van der Waals surface area contributed by atoms with E-state index in [0.29, 0.717) is 57.1 Å². The number of carbonyl (C=O) groups is 1. The number of aliphatic hydroxyl groups is 4. The Morgan fingerprint density at radius 2 is 1.83 bits per heavy atom. The molecular weight excluding hydrogens is 526 g/mol. The van der Waals surface area contributed by atoms with Crippen molar-refractivity contribution in [3.63, 3.8) is 0 Å². The number of aldehydes is 1. The lowest BCUT2D eigenvalue weighted by Gasteiger charge is -2.57. The van der Waals surface area contributed by atoms with Crippen molar-refractivity contribution in [1.82, 2.24) is 5.32 Å². The molecule has 5 N–H and O–H groups in total. The molecule has 6 nitrogen and oxygen atoms in total. The summed E-state index contributed by atoms with van der Waals surface area (Å²) >= 11 is 0.